The molecule has 21 heavy (non-hydrogen) atoms. The van der Waals surface area contributed by atoms with Gasteiger partial charge in [-0.25, -0.2) is 0 Å². The summed E-state index contributed by atoms with van der Waals surface area (Å²) in [5.74, 6) is -0.235. The number of amides is 1. The predicted octanol–water partition coefficient (Wildman–Crippen LogP) is 2.93. The molecule has 0 fully saturated rings. The van der Waals surface area contributed by atoms with E-state index in [2.05, 4.69) is 16.2 Å². The van der Waals surface area contributed by atoms with Gasteiger partial charge in [-0.15, -0.1) is 0 Å². The van der Waals surface area contributed by atoms with E-state index in [4.69, 9.17) is 12.2 Å². The summed E-state index contributed by atoms with van der Waals surface area (Å²) < 4.78 is 0. The van der Waals surface area contributed by atoms with Gasteiger partial charge in [0.1, 0.15) is 0 Å². The topological polar surface area (TPSA) is 53.2 Å². The Bertz CT molecular complexity index is 656. The van der Waals surface area contributed by atoms with E-state index in [1.165, 1.54) is 0 Å². The molecule has 0 aliphatic heterocycles. The number of carbonyl (C=O) groups is 1. The Balaban J connectivity index is 1.91. The standard InChI is InChI=1S/C16H17N3OS/c1-11-8-9-12(2)14(10-11)17-16(21)19-18-15(20)13-6-4-3-5-7-13/h3-10H,1-2H3,(H,18,20)(H2,17,19,21). The summed E-state index contributed by atoms with van der Waals surface area (Å²) in [5, 5.41) is 3.40. The molecule has 1 amide bonds. The SMILES string of the molecule is Cc1ccc(C)c(NC(=S)NNC(=O)c2ccccc2)c1. The van der Waals surface area contributed by atoms with Crippen LogP contribution in [0.15, 0.2) is 48.5 Å². The number of rotatable bonds is 2. The smallest absolute Gasteiger partial charge is 0.269 e. The molecule has 4 nitrogen and oxygen atoms in total. The molecule has 2 rings (SSSR count). The lowest BCUT2D eigenvalue weighted by Crippen LogP contribution is -2.43. The Kier molecular flexibility index (Phi) is 4.90. The molecule has 0 aromatic heterocycles. The fourth-order valence-electron chi connectivity index (χ4n) is 1.80. The van der Waals surface area contributed by atoms with E-state index in [9.17, 15) is 4.79 Å². The molecule has 0 atom stereocenters. The third kappa shape index (κ3) is 4.29. The van der Waals surface area contributed by atoms with Crippen molar-refractivity contribution < 1.29 is 4.79 Å². The zero-order chi connectivity index (χ0) is 15.2. The molecule has 2 aromatic rings. The van der Waals surface area contributed by atoms with Gasteiger partial charge in [-0.2, -0.15) is 0 Å². The van der Waals surface area contributed by atoms with Crippen molar-refractivity contribution in [3.8, 4) is 0 Å². The highest BCUT2D eigenvalue weighted by Crippen LogP contribution is 2.15. The Hall–Kier alpha value is -2.40. The Morgan fingerprint density at radius 2 is 1.71 bits per heavy atom. The molecule has 0 heterocycles. The van der Waals surface area contributed by atoms with Gasteiger partial charge in [0, 0.05) is 11.3 Å². The van der Waals surface area contributed by atoms with Crippen molar-refractivity contribution in [2.75, 3.05) is 5.32 Å². The largest absolute Gasteiger partial charge is 0.331 e. The highest BCUT2D eigenvalue weighted by atomic mass is 32.1. The lowest BCUT2D eigenvalue weighted by Gasteiger charge is -2.13. The van der Waals surface area contributed by atoms with Gasteiger partial charge in [0.2, 0.25) is 0 Å². The van der Waals surface area contributed by atoms with Crippen molar-refractivity contribution in [3.05, 3.63) is 65.2 Å². The first kappa shape index (κ1) is 15.0. The molecule has 0 radical (unpaired) electrons. The number of carbonyl (C=O) groups excluding carboxylic acids is 1. The number of thiocarbonyl (C=S) groups is 1. The molecule has 0 aliphatic carbocycles. The van der Waals surface area contributed by atoms with Crippen LogP contribution in [0.1, 0.15) is 21.5 Å². The first-order valence-corrected chi connectivity index (χ1v) is 6.97. The molecule has 0 saturated carbocycles. The number of hydrogen-bond acceptors (Lipinski definition) is 2. The highest BCUT2D eigenvalue weighted by Gasteiger charge is 2.05. The third-order valence-electron chi connectivity index (χ3n) is 2.97. The van der Waals surface area contributed by atoms with Crippen molar-refractivity contribution in [1.29, 1.82) is 0 Å². The summed E-state index contributed by atoms with van der Waals surface area (Å²) in [4.78, 5) is 11.9. The van der Waals surface area contributed by atoms with Gasteiger partial charge in [-0.1, -0.05) is 30.3 Å². The fourth-order valence-corrected chi connectivity index (χ4v) is 1.96. The van der Waals surface area contributed by atoms with Crippen LogP contribution in [0.5, 0.6) is 0 Å². The van der Waals surface area contributed by atoms with Crippen LogP contribution in [0.25, 0.3) is 0 Å². The normalized spacial score (nSPS) is 9.81. The maximum atomic E-state index is 11.9. The number of benzene rings is 2. The van der Waals surface area contributed by atoms with Crippen LogP contribution in [-0.4, -0.2) is 11.0 Å². The second-order valence-electron chi connectivity index (χ2n) is 4.72. The Morgan fingerprint density at radius 1 is 1.00 bits per heavy atom. The summed E-state index contributed by atoms with van der Waals surface area (Å²) in [7, 11) is 0. The van der Waals surface area contributed by atoms with E-state index >= 15 is 0 Å². The van der Waals surface area contributed by atoms with Crippen molar-refractivity contribution in [2.45, 2.75) is 13.8 Å². The van der Waals surface area contributed by atoms with Crippen LogP contribution in [-0.2, 0) is 0 Å². The van der Waals surface area contributed by atoms with E-state index in [-0.39, 0.29) is 5.91 Å². The zero-order valence-corrected chi connectivity index (χ0v) is 12.8. The van der Waals surface area contributed by atoms with Crippen LogP contribution in [0.4, 0.5) is 5.69 Å². The molecule has 0 aliphatic rings. The summed E-state index contributed by atoms with van der Waals surface area (Å²) in [6, 6.07) is 15.0. The molecule has 0 bridgehead atoms. The van der Waals surface area contributed by atoms with Crippen LogP contribution in [0, 0.1) is 13.8 Å². The molecular weight excluding hydrogens is 282 g/mol. The van der Waals surface area contributed by atoms with Crippen LogP contribution < -0.4 is 16.2 Å². The second kappa shape index (κ2) is 6.85. The molecule has 5 heteroatoms. The number of anilines is 1. The summed E-state index contributed by atoms with van der Waals surface area (Å²) in [6.45, 7) is 4.01. The minimum atomic E-state index is -0.235. The van der Waals surface area contributed by atoms with Crippen LogP contribution in [0.2, 0.25) is 0 Å². The fraction of sp³-hybridized carbons (Fsp3) is 0.125. The summed E-state index contributed by atoms with van der Waals surface area (Å²) in [6.07, 6.45) is 0. The van der Waals surface area contributed by atoms with Gasteiger partial charge in [-0.3, -0.25) is 15.6 Å². The average Bonchev–Trinajstić information content (AvgIpc) is 2.49. The van der Waals surface area contributed by atoms with Gasteiger partial charge in [0.05, 0.1) is 0 Å². The van der Waals surface area contributed by atoms with E-state index in [0.717, 1.165) is 16.8 Å². The molecular formula is C16H17N3OS. The van der Waals surface area contributed by atoms with Gasteiger partial charge in [0.15, 0.2) is 5.11 Å². The summed E-state index contributed by atoms with van der Waals surface area (Å²) in [5.41, 5.74) is 8.96. The van der Waals surface area contributed by atoms with E-state index in [1.54, 1.807) is 12.1 Å². The third-order valence-corrected chi connectivity index (χ3v) is 3.17. The monoisotopic (exact) mass is 299 g/mol. The quantitative estimate of drug-likeness (QED) is 0.589. The Labute approximate surface area is 129 Å². The average molecular weight is 299 g/mol. The number of aryl methyl sites for hydroxylation is 2. The zero-order valence-electron chi connectivity index (χ0n) is 11.9. The van der Waals surface area contributed by atoms with Crippen molar-refractivity contribution >= 4 is 28.9 Å². The number of hydrogen-bond donors (Lipinski definition) is 3. The van der Waals surface area contributed by atoms with Gasteiger partial charge in [-0.05, 0) is 55.4 Å². The lowest BCUT2D eigenvalue weighted by molar-refractivity contribution is 0.0944. The maximum absolute atomic E-state index is 11.9. The second-order valence-corrected chi connectivity index (χ2v) is 5.13. The molecule has 2 aromatic carbocycles. The van der Waals surface area contributed by atoms with Gasteiger partial charge >= 0.3 is 0 Å². The number of hydrazine groups is 1. The van der Waals surface area contributed by atoms with Gasteiger partial charge in [0.25, 0.3) is 5.91 Å². The van der Waals surface area contributed by atoms with Crippen LogP contribution >= 0.6 is 12.2 Å². The summed E-state index contributed by atoms with van der Waals surface area (Å²) >= 11 is 5.17. The maximum Gasteiger partial charge on any atom is 0.269 e. The molecule has 0 unspecified atom stereocenters. The number of nitrogens with one attached hydrogen (secondary N) is 3. The molecule has 0 saturated heterocycles. The molecule has 108 valence electrons. The Morgan fingerprint density at radius 3 is 2.43 bits per heavy atom. The molecule has 3 N–H and O–H groups in total. The van der Waals surface area contributed by atoms with E-state index < -0.39 is 0 Å². The first-order valence-electron chi connectivity index (χ1n) is 6.56. The molecule has 0 spiro atoms. The van der Waals surface area contributed by atoms with Gasteiger partial charge < -0.3 is 5.32 Å². The lowest BCUT2D eigenvalue weighted by atomic mass is 10.1. The van der Waals surface area contributed by atoms with Crippen LogP contribution in [0.3, 0.4) is 0 Å². The minimum Gasteiger partial charge on any atom is -0.331 e. The van der Waals surface area contributed by atoms with Crippen molar-refractivity contribution in [3.63, 3.8) is 0 Å². The first-order chi connectivity index (χ1) is 10.1. The van der Waals surface area contributed by atoms with Crippen molar-refractivity contribution in [2.24, 2.45) is 0 Å². The predicted molar refractivity (Wildman–Crippen MR) is 89.2 cm³/mol. The highest BCUT2D eigenvalue weighted by molar-refractivity contribution is 7.80. The minimum absolute atomic E-state index is 0.235. The van der Waals surface area contributed by atoms with Crippen molar-refractivity contribution in [1.82, 2.24) is 10.9 Å². The van der Waals surface area contributed by atoms with E-state index in [0.29, 0.717) is 10.7 Å². The van der Waals surface area contributed by atoms with E-state index in [1.807, 2.05) is 50.2 Å².